The van der Waals surface area contributed by atoms with Crippen LogP contribution in [0.3, 0.4) is 0 Å². The van der Waals surface area contributed by atoms with Gasteiger partial charge in [0.15, 0.2) is 5.11 Å². The quantitative estimate of drug-likeness (QED) is 0.0194. The van der Waals surface area contributed by atoms with Gasteiger partial charge in [0.2, 0.25) is 0 Å². The van der Waals surface area contributed by atoms with Crippen molar-refractivity contribution in [2.45, 2.75) is 170 Å². The number of anilines is 6. The minimum atomic E-state index is -0.358. The van der Waals surface area contributed by atoms with Crippen LogP contribution in [-0.2, 0) is 35.3 Å². The van der Waals surface area contributed by atoms with E-state index in [4.69, 9.17) is 12.2 Å². The SMILES string of the molecule is CCCCCCc1ccc(N(c2ccc(CCCCCC)cc2)c2ccc(-c3ccc4c(c3)C(=C3C(=O)N(CC)C(=S)N(CC)C3=O)c3cc(-c5ccc(N(c6ccc(CCCCCC)cc6)c6ccc(CCCCCC)cc6)cc5)ccc3-4)cc2)cc1. The Hall–Kier alpha value is -7.87. The van der Waals surface area contributed by atoms with Crippen molar-refractivity contribution < 1.29 is 9.59 Å². The van der Waals surface area contributed by atoms with E-state index in [0.29, 0.717) is 18.7 Å². The Morgan fingerprint density at radius 2 is 0.557 bits per heavy atom. The van der Waals surface area contributed by atoms with Crippen LogP contribution < -0.4 is 9.80 Å². The van der Waals surface area contributed by atoms with E-state index in [1.165, 1.54) is 125 Å². The van der Waals surface area contributed by atoms with Gasteiger partial charge in [-0.2, -0.15) is 0 Å². The Kier molecular flexibility index (Phi) is 22.1. The predicted molar refractivity (Wildman–Crippen MR) is 377 cm³/mol. The molecule has 2 aliphatic rings. The fourth-order valence-corrected chi connectivity index (χ4v) is 13.4. The Bertz CT molecular complexity index is 3290. The maximum atomic E-state index is 14.9. The van der Waals surface area contributed by atoms with Gasteiger partial charge in [0.05, 0.1) is 0 Å². The van der Waals surface area contributed by atoms with Gasteiger partial charge in [-0.25, -0.2) is 0 Å². The van der Waals surface area contributed by atoms with Crippen molar-refractivity contribution in [3.63, 3.8) is 0 Å². The smallest absolute Gasteiger partial charge is 0.266 e. The van der Waals surface area contributed by atoms with Crippen LogP contribution in [0.4, 0.5) is 34.1 Å². The molecule has 7 heteroatoms. The molecule has 0 saturated carbocycles. The fraction of sp³-hybridized carbons (Fsp3) is 0.346. The number of nitrogens with zero attached hydrogens (tertiary/aromatic N) is 4. The third-order valence-electron chi connectivity index (χ3n) is 18.1. The van der Waals surface area contributed by atoms with E-state index in [1.54, 1.807) is 9.80 Å². The fourth-order valence-electron chi connectivity index (χ4n) is 13.0. The number of carbonyl (C=O) groups is 2. The number of likely N-dealkylation sites (N-methyl/N-ethyl adjacent to an activating group) is 2. The molecule has 0 radical (unpaired) electrons. The number of thiocarbonyl (C=S) groups is 1. The first-order valence-electron chi connectivity index (χ1n) is 33.5. The Morgan fingerprint density at radius 3 is 0.818 bits per heavy atom. The van der Waals surface area contributed by atoms with Crippen molar-refractivity contribution in [2.75, 3.05) is 22.9 Å². The highest BCUT2D eigenvalue weighted by atomic mass is 32.1. The van der Waals surface area contributed by atoms with Crippen molar-refractivity contribution in [2.24, 2.45) is 0 Å². The maximum Gasteiger partial charge on any atom is 0.266 e. The molecule has 0 unspecified atom stereocenters. The molecule has 0 spiro atoms. The van der Waals surface area contributed by atoms with Gasteiger partial charge in [0.1, 0.15) is 5.57 Å². The van der Waals surface area contributed by atoms with E-state index in [0.717, 1.165) is 104 Å². The summed E-state index contributed by atoms with van der Waals surface area (Å²) in [5.74, 6) is -0.715. The largest absolute Gasteiger partial charge is 0.311 e. The molecule has 88 heavy (non-hydrogen) atoms. The van der Waals surface area contributed by atoms with Crippen molar-refractivity contribution in [3.8, 4) is 33.4 Å². The van der Waals surface area contributed by atoms with Gasteiger partial charge in [0, 0.05) is 52.8 Å². The standard InChI is InChI=1S/C81H92N4O2S/c1-7-13-17-21-25-59-29-43-67(44-30-59)84(68-45-31-60(32-46-68)26-22-18-14-8-2)71-51-37-63(38-52-71)65-41-55-73-74-56-42-66(58-76(74)77(75(73)57-65)78-79(86)82(11-5)81(88)83(12-6)80(78)87)64-39-53-72(54-40-64)85(69-47-33-61(34-48-69)27-23-19-15-9-3)70-49-35-62(36-50-70)28-24-20-16-10-4/h29-58H,7-28H2,1-6H3. The first kappa shape index (κ1) is 63.2. The number of aryl methyl sites for hydroxylation is 4. The molecule has 0 N–H and O–H groups in total. The number of benzene rings is 8. The third kappa shape index (κ3) is 14.6. The average Bonchev–Trinajstić information content (AvgIpc) is 1.84. The Morgan fingerprint density at radius 1 is 0.295 bits per heavy atom. The van der Waals surface area contributed by atoms with E-state index in [2.05, 4.69) is 219 Å². The molecule has 8 aromatic rings. The van der Waals surface area contributed by atoms with Gasteiger partial charge >= 0.3 is 0 Å². The number of hydrogen-bond acceptors (Lipinski definition) is 5. The van der Waals surface area contributed by atoms with E-state index >= 15 is 0 Å². The Labute approximate surface area is 532 Å². The molecule has 1 aliphatic heterocycles. The first-order valence-corrected chi connectivity index (χ1v) is 34.0. The molecule has 10 rings (SSSR count). The highest BCUT2D eigenvalue weighted by Gasteiger charge is 2.42. The summed E-state index contributed by atoms with van der Waals surface area (Å²) in [7, 11) is 0. The molecule has 1 fully saturated rings. The van der Waals surface area contributed by atoms with E-state index in [9.17, 15) is 9.59 Å². The highest BCUT2D eigenvalue weighted by Crippen LogP contribution is 2.50. The summed E-state index contributed by atoms with van der Waals surface area (Å²) in [5, 5.41) is 0.252. The van der Waals surface area contributed by atoms with E-state index < -0.39 is 0 Å². The van der Waals surface area contributed by atoms with Crippen LogP contribution >= 0.6 is 12.2 Å². The van der Waals surface area contributed by atoms with Crippen LogP contribution in [0.1, 0.15) is 178 Å². The molecular formula is C81H92N4O2S. The zero-order valence-corrected chi connectivity index (χ0v) is 54.2. The van der Waals surface area contributed by atoms with Crippen molar-refractivity contribution in [1.29, 1.82) is 0 Å². The normalized spacial score (nSPS) is 13.0. The number of rotatable bonds is 30. The average molecular weight is 1190 g/mol. The molecule has 454 valence electrons. The molecule has 0 aromatic heterocycles. The number of fused-ring (bicyclic) bond motifs is 3. The van der Waals surface area contributed by atoms with E-state index in [1.807, 2.05) is 13.8 Å². The van der Waals surface area contributed by atoms with Crippen molar-refractivity contribution >= 4 is 68.8 Å². The van der Waals surface area contributed by atoms with Crippen LogP contribution in [0.25, 0.3) is 39.0 Å². The van der Waals surface area contributed by atoms with Crippen LogP contribution in [0.2, 0.25) is 0 Å². The van der Waals surface area contributed by atoms with Crippen LogP contribution in [0, 0.1) is 0 Å². The number of unbranched alkanes of at least 4 members (excludes halogenated alkanes) is 12. The van der Waals surface area contributed by atoms with Gasteiger partial charge in [0.25, 0.3) is 11.8 Å². The summed E-state index contributed by atoms with van der Waals surface area (Å²) < 4.78 is 0. The molecule has 1 aliphatic carbocycles. The van der Waals surface area contributed by atoms with E-state index in [-0.39, 0.29) is 22.5 Å². The lowest BCUT2D eigenvalue weighted by molar-refractivity contribution is -0.133. The Balaban J connectivity index is 0.992. The summed E-state index contributed by atoms with van der Waals surface area (Å²) in [6.07, 6.45) is 24.3. The van der Waals surface area contributed by atoms with Crippen LogP contribution in [0.5, 0.6) is 0 Å². The summed E-state index contributed by atoms with van der Waals surface area (Å²) in [5.41, 5.74) is 20.7. The van der Waals surface area contributed by atoms with Gasteiger partial charge in [-0.3, -0.25) is 19.4 Å². The van der Waals surface area contributed by atoms with Gasteiger partial charge in [-0.1, -0.05) is 202 Å². The first-order chi connectivity index (χ1) is 43.2. The summed E-state index contributed by atoms with van der Waals surface area (Å²) in [4.78, 5) is 37.7. The molecule has 0 bridgehead atoms. The topological polar surface area (TPSA) is 47.1 Å². The number of carbonyl (C=O) groups excluding carboxylic acids is 2. The second-order valence-corrected chi connectivity index (χ2v) is 24.7. The molecule has 0 atom stereocenters. The lowest BCUT2D eigenvalue weighted by Crippen LogP contribution is -2.56. The minimum absolute atomic E-state index is 0.154. The summed E-state index contributed by atoms with van der Waals surface area (Å²) in [6, 6.07) is 67.3. The molecule has 8 aromatic carbocycles. The molecule has 6 nitrogen and oxygen atoms in total. The second-order valence-electron chi connectivity index (χ2n) is 24.3. The monoisotopic (exact) mass is 1180 g/mol. The predicted octanol–water partition coefficient (Wildman–Crippen LogP) is 22.2. The third-order valence-corrected chi connectivity index (χ3v) is 18.5. The zero-order valence-electron chi connectivity index (χ0n) is 53.4. The van der Waals surface area contributed by atoms with Gasteiger partial charge < -0.3 is 9.80 Å². The van der Waals surface area contributed by atoms with Crippen molar-refractivity contribution in [1.82, 2.24) is 9.80 Å². The lowest BCUT2D eigenvalue weighted by Gasteiger charge is -2.36. The van der Waals surface area contributed by atoms with Crippen LogP contribution in [-0.4, -0.2) is 39.8 Å². The number of hydrogen-bond donors (Lipinski definition) is 0. The molecule has 1 saturated heterocycles. The van der Waals surface area contributed by atoms with Crippen LogP contribution in [0.15, 0.2) is 188 Å². The second kappa shape index (κ2) is 30.8. The van der Waals surface area contributed by atoms with Gasteiger partial charge in [-0.15, -0.1) is 0 Å². The molecule has 2 amide bonds. The lowest BCUT2D eigenvalue weighted by atomic mass is 9.91. The van der Waals surface area contributed by atoms with Crippen molar-refractivity contribution in [3.05, 3.63) is 221 Å². The molecular weight excluding hydrogens is 1090 g/mol. The maximum absolute atomic E-state index is 14.9. The zero-order chi connectivity index (χ0) is 61.4. The minimum Gasteiger partial charge on any atom is -0.311 e. The summed E-state index contributed by atoms with van der Waals surface area (Å²) in [6.45, 7) is 13.6. The number of amides is 2. The molecule has 1 heterocycles. The highest BCUT2D eigenvalue weighted by molar-refractivity contribution is 7.80. The summed E-state index contributed by atoms with van der Waals surface area (Å²) >= 11 is 5.83. The van der Waals surface area contributed by atoms with Gasteiger partial charge in [-0.05, 0) is 229 Å².